The van der Waals surface area contributed by atoms with E-state index >= 15 is 0 Å². The van der Waals surface area contributed by atoms with E-state index in [1.54, 1.807) is 11.3 Å². The zero-order chi connectivity index (χ0) is 11.6. The van der Waals surface area contributed by atoms with Gasteiger partial charge < -0.3 is 11.1 Å². The van der Waals surface area contributed by atoms with Crippen molar-refractivity contribution < 1.29 is 4.79 Å². The third-order valence-electron chi connectivity index (χ3n) is 3.21. The predicted octanol–water partition coefficient (Wildman–Crippen LogP) is 1.67. The summed E-state index contributed by atoms with van der Waals surface area (Å²) in [6.07, 6.45) is 2.95. The summed E-state index contributed by atoms with van der Waals surface area (Å²) in [5.41, 5.74) is 5.37. The second-order valence-electron chi connectivity index (χ2n) is 4.39. The fraction of sp³-hybridized carbons (Fsp3) is 0.583. The number of aryl methyl sites for hydroxylation is 1. The van der Waals surface area contributed by atoms with Crippen LogP contribution in [0.25, 0.3) is 0 Å². The zero-order valence-corrected chi connectivity index (χ0v) is 10.4. The number of hydrogen-bond donors (Lipinski definition) is 2. The molecule has 0 bridgehead atoms. The van der Waals surface area contributed by atoms with Gasteiger partial charge in [-0.2, -0.15) is 0 Å². The molecule has 2 rings (SSSR count). The highest BCUT2D eigenvalue weighted by Gasteiger charge is 2.48. The molecule has 1 aromatic rings. The maximum Gasteiger partial charge on any atom is 0.227 e. The molecule has 88 valence electrons. The Bertz CT molecular complexity index is 382. The maximum atomic E-state index is 11.8. The Kier molecular flexibility index (Phi) is 3.30. The number of hydrogen-bond acceptors (Lipinski definition) is 3. The molecule has 0 unspecified atom stereocenters. The topological polar surface area (TPSA) is 55.1 Å². The summed E-state index contributed by atoms with van der Waals surface area (Å²) in [4.78, 5) is 14.4. The predicted molar refractivity (Wildman–Crippen MR) is 66.3 cm³/mol. The van der Waals surface area contributed by atoms with Gasteiger partial charge in [0.2, 0.25) is 5.91 Å². The molecule has 0 radical (unpaired) electrons. The summed E-state index contributed by atoms with van der Waals surface area (Å²) in [5.74, 6) is 0.126. The third kappa shape index (κ3) is 2.28. The molecule has 1 heterocycles. The fourth-order valence-electron chi connectivity index (χ4n) is 1.74. The Hall–Kier alpha value is -0.870. The van der Waals surface area contributed by atoms with Gasteiger partial charge >= 0.3 is 0 Å². The minimum atomic E-state index is -0.231. The molecule has 3 nitrogen and oxygen atoms in total. The normalized spacial score (nSPS) is 17.1. The molecule has 1 fully saturated rings. The molecule has 0 spiro atoms. The minimum absolute atomic E-state index is 0.126. The van der Waals surface area contributed by atoms with Crippen molar-refractivity contribution in [2.45, 2.75) is 32.7 Å². The van der Waals surface area contributed by atoms with E-state index < -0.39 is 0 Å². The Morgan fingerprint density at radius 3 is 2.69 bits per heavy atom. The fourth-order valence-corrected chi connectivity index (χ4v) is 2.63. The van der Waals surface area contributed by atoms with Crippen LogP contribution in [0.1, 0.15) is 29.5 Å². The van der Waals surface area contributed by atoms with Gasteiger partial charge in [0, 0.05) is 16.3 Å². The number of amides is 1. The third-order valence-corrected chi connectivity index (χ3v) is 4.44. The van der Waals surface area contributed by atoms with Crippen molar-refractivity contribution in [3.05, 3.63) is 21.9 Å². The lowest BCUT2D eigenvalue weighted by atomic mass is 10.1. The van der Waals surface area contributed by atoms with Gasteiger partial charge in [0.25, 0.3) is 0 Å². The molecule has 1 aromatic heterocycles. The van der Waals surface area contributed by atoms with Crippen LogP contribution in [0.15, 0.2) is 12.1 Å². The number of rotatable bonds is 5. The lowest BCUT2D eigenvalue weighted by molar-refractivity contribution is -0.126. The van der Waals surface area contributed by atoms with Crippen LogP contribution in [0.3, 0.4) is 0 Å². The summed E-state index contributed by atoms with van der Waals surface area (Å²) >= 11 is 1.77. The van der Waals surface area contributed by atoms with Crippen molar-refractivity contribution in [2.24, 2.45) is 11.1 Å². The van der Waals surface area contributed by atoms with E-state index in [4.69, 9.17) is 5.73 Å². The van der Waals surface area contributed by atoms with Crippen molar-refractivity contribution in [1.29, 1.82) is 0 Å². The second kappa shape index (κ2) is 4.55. The number of nitrogens with two attached hydrogens (primary N) is 1. The molecule has 0 aromatic carbocycles. The summed E-state index contributed by atoms with van der Waals surface area (Å²) in [7, 11) is 0. The van der Waals surface area contributed by atoms with E-state index in [2.05, 4.69) is 24.4 Å². The number of carbonyl (C=O) groups is 1. The first-order valence-electron chi connectivity index (χ1n) is 5.76. The molecule has 0 aliphatic heterocycles. The van der Waals surface area contributed by atoms with Crippen LogP contribution in [0.4, 0.5) is 0 Å². The van der Waals surface area contributed by atoms with Crippen LogP contribution in [0.2, 0.25) is 0 Å². The molecule has 16 heavy (non-hydrogen) atoms. The molecular weight excluding hydrogens is 220 g/mol. The standard InChI is InChI=1S/C12H18N2OS/c1-2-9-3-4-10(16-9)7-14-11(15)12(8-13)5-6-12/h3-4H,2,5-8,13H2,1H3,(H,14,15). The monoisotopic (exact) mass is 238 g/mol. The summed E-state index contributed by atoms with van der Waals surface area (Å²) < 4.78 is 0. The van der Waals surface area contributed by atoms with Gasteiger partial charge in [-0.3, -0.25) is 4.79 Å². The molecule has 0 atom stereocenters. The summed E-state index contributed by atoms with van der Waals surface area (Å²) in [5, 5.41) is 2.98. The lowest BCUT2D eigenvalue weighted by Gasteiger charge is -2.11. The van der Waals surface area contributed by atoms with E-state index in [9.17, 15) is 4.79 Å². The van der Waals surface area contributed by atoms with Gasteiger partial charge in [0.1, 0.15) is 0 Å². The van der Waals surface area contributed by atoms with Gasteiger partial charge in [0.15, 0.2) is 0 Å². The quantitative estimate of drug-likeness (QED) is 0.820. The smallest absolute Gasteiger partial charge is 0.227 e. The van der Waals surface area contributed by atoms with Crippen LogP contribution in [-0.2, 0) is 17.8 Å². The molecule has 1 aliphatic carbocycles. The molecule has 1 aliphatic rings. The van der Waals surface area contributed by atoms with E-state index in [0.717, 1.165) is 19.3 Å². The van der Waals surface area contributed by atoms with Crippen molar-refractivity contribution in [3.63, 3.8) is 0 Å². The van der Waals surface area contributed by atoms with E-state index in [0.29, 0.717) is 13.1 Å². The lowest BCUT2D eigenvalue weighted by Crippen LogP contribution is -2.35. The maximum absolute atomic E-state index is 11.8. The van der Waals surface area contributed by atoms with Gasteiger partial charge in [-0.15, -0.1) is 11.3 Å². The van der Waals surface area contributed by atoms with Crippen molar-refractivity contribution >= 4 is 17.2 Å². The van der Waals surface area contributed by atoms with E-state index in [1.165, 1.54) is 9.75 Å². The zero-order valence-electron chi connectivity index (χ0n) is 9.58. The Balaban J connectivity index is 1.85. The Morgan fingerprint density at radius 1 is 1.50 bits per heavy atom. The molecule has 1 amide bonds. The molecule has 1 saturated carbocycles. The number of nitrogens with one attached hydrogen (secondary N) is 1. The molecule has 0 saturated heterocycles. The molecule has 4 heteroatoms. The van der Waals surface area contributed by atoms with E-state index in [-0.39, 0.29) is 11.3 Å². The van der Waals surface area contributed by atoms with Crippen LogP contribution in [0.5, 0.6) is 0 Å². The van der Waals surface area contributed by atoms with E-state index in [1.807, 2.05) is 0 Å². The van der Waals surface area contributed by atoms with Gasteiger partial charge in [-0.05, 0) is 31.4 Å². The summed E-state index contributed by atoms with van der Waals surface area (Å²) in [6, 6.07) is 4.22. The van der Waals surface area contributed by atoms with Crippen LogP contribution in [-0.4, -0.2) is 12.5 Å². The van der Waals surface area contributed by atoms with Crippen molar-refractivity contribution in [2.75, 3.05) is 6.54 Å². The second-order valence-corrected chi connectivity index (χ2v) is 5.64. The minimum Gasteiger partial charge on any atom is -0.351 e. The molecule has 3 N–H and O–H groups in total. The highest BCUT2D eigenvalue weighted by Crippen LogP contribution is 2.44. The van der Waals surface area contributed by atoms with Gasteiger partial charge in [-0.1, -0.05) is 6.92 Å². The highest BCUT2D eigenvalue weighted by atomic mass is 32.1. The Labute approximate surface area is 100 Å². The average Bonchev–Trinajstić information content (AvgIpc) is 2.98. The van der Waals surface area contributed by atoms with Crippen molar-refractivity contribution in [3.8, 4) is 0 Å². The van der Waals surface area contributed by atoms with Crippen molar-refractivity contribution in [1.82, 2.24) is 5.32 Å². The summed E-state index contributed by atoms with van der Waals surface area (Å²) in [6.45, 7) is 3.26. The number of thiophene rings is 1. The van der Waals surface area contributed by atoms with Crippen LogP contribution in [0, 0.1) is 5.41 Å². The SMILES string of the molecule is CCc1ccc(CNC(=O)C2(CN)CC2)s1. The van der Waals surface area contributed by atoms with Crippen LogP contribution < -0.4 is 11.1 Å². The number of carbonyl (C=O) groups excluding carboxylic acids is 1. The highest BCUT2D eigenvalue weighted by molar-refractivity contribution is 7.11. The first kappa shape index (κ1) is 11.6. The van der Waals surface area contributed by atoms with Crippen LogP contribution >= 0.6 is 11.3 Å². The largest absolute Gasteiger partial charge is 0.351 e. The average molecular weight is 238 g/mol. The Morgan fingerprint density at radius 2 is 2.19 bits per heavy atom. The molecular formula is C12H18N2OS. The first-order valence-corrected chi connectivity index (χ1v) is 6.58. The first-order chi connectivity index (χ1) is 7.70. The van der Waals surface area contributed by atoms with Gasteiger partial charge in [0.05, 0.1) is 12.0 Å². The van der Waals surface area contributed by atoms with Gasteiger partial charge in [-0.25, -0.2) is 0 Å².